The average molecular weight is 334 g/mol. The van der Waals surface area contributed by atoms with Crippen molar-refractivity contribution in [3.05, 3.63) is 33.8 Å². The van der Waals surface area contributed by atoms with Crippen LogP contribution in [0.4, 0.5) is 8.78 Å². The van der Waals surface area contributed by atoms with Gasteiger partial charge in [0.15, 0.2) is 0 Å². The highest BCUT2D eigenvalue weighted by Gasteiger charge is 2.32. The maximum absolute atomic E-state index is 14.0. The Kier molecular flexibility index (Phi) is 4.92. The van der Waals surface area contributed by atoms with Gasteiger partial charge in [-0.15, -0.1) is 0 Å². The molecule has 0 radical (unpaired) electrons. The van der Waals surface area contributed by atoms with Crippen molar-refractivity contribution in [3.8, 4) is 0 Å². The monoisotopic (exact) mass is 333 g/mol. The number of ether oxygens (including phenoxy) is 1. The first-order valence-corrected chi connectivity index (χ1v) is 7.25. The molecular formula is C14H18BrF2NO. The summed E-state index contributed by atoms with van der Waals surface area (Å²) in [6.45, 7) is 2.82. The van der Waals surface area contributed by atoms with Crippen molar-refractivity contribution in [3.63, 3.8) is 0 Å². The zero-order valence-electron chi connectivity index (χ0n) is 11.1. The van der Waals surface area contributed by atoms with Crippen LogP contribution in [0.25, 0.3) is 0 Å². The Morgan fingerprint density at radius 1 is 1.47 bits per heavy atom. The molecule has 0 saturated carbocycles. The highest BCUT2D eigenvalue weighted by Crippen LogP contribution is 2.27. The maximum atomic E-state index is 14.0. The zero-order valence-corrected chi connectivity index (χ0v) is 12.6. The molecule has 1 aliphatic heterocycles. The number of hydrogen-bond donors (Lipinski definition) is 1. The molecule has 2 nitrogen and oxygen atoms in total. The van der Waals surface area contributed by atoms with Crippen molar-refractivity contribution < 1.29 is 13.5 Å². The highest BCUT2D eigenvalue weighted by molar-refractivity contribution is 9.10. The first-order valence-electron chi connectivity index (χ1n) is 6.45. The third-order valence-corrected chi connectivity index (χ3v) is 4.39. The minimum Gasteiger partial charge on any atom is -0.376 e. The lowest BCUT2D eigenvalue weighted by atomic mass is 9.92. The lowest BCUT2D eigenvalue weighted by Gasteiger charge is -2.26. The van der Waals surface area contributed by atoms with Gasteiger partial charge in [-0.05, 0) is 53.9 Å². The molecule has 19 heavy (non-hydrogen) atoms. The lowest BCUT2D eigenvalue weighted by molar-refractivity contribution is 0.0629. The smallest absolute Gasteiger partial charge is 0.143 e. The van der Waals surface area contributed by atoms with Gasteiger partial charge in [0.05, 0.1) is 10.6 Å². The normalized spacial score (nSPS) is 24.7. The van der Waals surface area contributed by atoms with E-state index in [9.17, 15) is 8.78 Å². The van der Waals surface area contributed by atoms with E-state index >= 15 is 0 Å². The molecule has 3 unspecified atom stereocenters. The standard InChI is InChI=1S/C14H18BrF2NO/c1-8-5-6-19-14(8)12(18-2)7-9-11(16)4-3-10(15)13(9)17/h3-4,8,12,14,18H,5-7H2,1-2H3. The van der Waals surface area contributed by atoms with Crippen LogP contribution in [-0.2, 0) is 11.2 Å². The predicted octanol–water partition coefficient (Wildman–Crippen LogP) is 3.28. The molecule has 1 aromatic carbocycles. The number of rotatable bonds is 4. The fourth-order valence-electron chi connectivity index (χ4n) is 2.59. The number of likely N-dealkylation sites (N-methyl/N-ethyl adjacent to an activating group) is 1. The summed E-state index contributed by atoms with van der Waals surface area (Å²) in [5.41, 5.74) is 0.108. The molecule has 1 saturated heterocycles. The average Bonchev–Trinajstić information content (AvgIpc) is 2.81. The van der Waals surface area contributed by atoms with Crippen molar-refractivity contribution in [1.29, 1.82) is 0 Å². The molecule has 1 aromatic rings. The summed E-state index contributed by atoms with van der Waals surface area (Å²) in [5.74, 6) is -0.631. The summed E-state index contributed by atoms with van der Waals surface area (Å²) in [6.07, 6.45) is 1.28. The van der Waals surface area contributed by atoms with Crippen LogP contribution in [0.15, 0.2) is 16.6 Å². The van der Waals surface area contributed by atoms with Gasteiger partial charge < -0.3 is 10.1 Å². The van der Waals surface area contributed by atoms with Crippen LogP contribution in [0.3, 0.4) is 0 Å². The van der Waals surface area contributed by atoms with E-state index in [1.807, 2.05) is 0 Å². The van der Waals surface area contributed by atoms with E-state index in [-0.39, 0.29) is 24.1 Å². The van der Waals surface area contributed by atoms with Crippen LogP contribution >= 0.6 is 15.9 Å². The molecule has 0 aromatic heterocycles. The number of hydrogen-bond acceptors (Lipinski definition) is 2. The Morgan fingerprint density at radius 3 is 2.79 bits per heavy atom. The molecule has 0 aliphatic carbocycles. The van der Waals surface area contributed by atoms with Crippen LogP contribution in [0.5, 0.6) is 0 Å². The van der Waals surface area contributed by atoms with Gasteiger partial charge in [0.25, 0.3) is 0 Å². The van der Waals surface area contributed by atoms with Crippen molar-refractivity contribution in [2.75, 3.05) is 13.7 Å². The summed E-state index contributed by atoms with van der Waals surface area (Å²) in [4.78, 5) is 0. The van der Waals surface area contributed by atoms with Crippen LogP contribution in [0, 0.1) is 17.6 Å². The van der Waals surface area contributed by atoms with Crippen molar-refractivity contribution in [2.45, 2.75) is 31.9 Å². The quantitative estimate of drug-likeness (QED) is 0.854. The second-order valence-corrected chi connectivity index (χ2v) is 5.88. The third-order valence-electron chi connectivity index (χ3n) is 3.77. The molecule has 5 heteroatoms. The van der Waals surface area contributed by atoms with Gasteiger partial charge in [-0.1, -0.05) is 6.92 Å². The minimum atomic E-state index is -0.522. The molecule has 0 amide bonds. The first kappa shape index (κ1) is 14.9. The summed E-state index contributed by atoms with van der Waals surface area (Å²) in [7, 11) is 1.80. The van der Waals surface area contributed by atoms with Gasteiger partial charge in [-0.3, -0.25) is 0 Å². The minimum absolute atomic E-state index is 0.00258. The second-order valence-electron chi connectivity index (χ2n) is 5.02. The van der Waals surface area contributed by atoms with Crippen molar-refractivity contribution in [2.24, 2.45) is 5.92 Å². The van der Waals surface area contributed by atoms with E-state index in [0.717, 1.165) is 6.42 Å². The van der Waals surface area contributed by atoms with Crippen LogP contribution < -0.4 is 5.32 Å². The lowest BCUT2D eigenvalue weighted by Crippen LogP contribution is -2.42. The Morgan fingerprint density at radius 2 is 2.21 bits per heavy atom. The first-order chi connectivity index (χ1) is 9.04. The van der Waals surface area contributed by atoms with E-state index in [1.165, 1.54) is 12.1 Å². The molecule has 1 fully saturated rings. The Bertz CT molecular complexity index is 455. The van der Waals surface area contributed by atoms with Crippen molar-refractivity contribution in [1.82, 2.24) is 5.32 Å². The van der Waals surface area contributed by atoms with Gasteiger partial charge in [0.2, 0.25) is 0 Å². The number of benzene rings is 1. The molecule has 1 N–H and O–H groups in total. The largest absolute Gasteiger partial charge is 0.376 e. The Labute approximate surface area is 120 Å². The summed E-state index contributed by atoms with van der Waals surface area (Å²) in [5, 5.41) is 3.12. The summed E-state index contributed by atoms with van der Waals surface area (Å²) < 4.78 is 33.7. The van der Waals surface area contributed by atoms with Gasteiger partial charge >= 0.3 is 0 Å². The van der Waals surface area contributed by atoms with Crippen LogP contribution in [-0.4, -0.2) is 25.8 Å². The predicted molar refractivity (Wildman–Crippen MR) is 74.1 cm³/mol. The van der Waals surface area contributed by atoms with Gasteiger partial charge in [0, 0.05) is 18.2 Å². The molecule has 0 bridgehead atoms. The summed E-state index contributed by atoms with van der Waals surface area (Å²) in [6, 6.07) is 2.58. The van der Waals surface area contributed by atoms with E-state index in [4.69, 9.17) is 4.74 Å². The van der Waals surface area contributed by atoms with Gasteiger partial charge in [0.1, 0.15) is 11.6 Å². The molecule has 0 spiro atoms. The molecule has 1 aliphatic rings. The SMILES string of the molecule is CNC(Cc1c(F)ccc(Br)c1F)C1OCCC1C. The van der Waals surface area contributed by atoms with Crippen LogP contribution in [0.1, 0.15) is 18.9 Å². The van der Waals surface area contributed by atoms with E-state index < -0.39 is 11.6 Å². The molecular weight excluding hydrogens is 316 g/mol. The van der Waals surface area contributed by atoms with Crippen LogP contribution in [0.2, 0.25) is 0 Å². The van der Waals surface area contributed by atoms with E-state index in [0.29, 0.717) is 17.0 Å². The number of nitrogens with one attached hydrogen (secondary N) is 1. The maximum Gasteiger partial charge on any atom is 0.143 e. The molecule has 3 atom stereocenters. The molecule has 1 heterocycles. The third kappa shape index (κ3) is 3.15. The fourth-order valence-corrected chi connectivity index (χ4v) is 2.96. The van der Waals surface area contributed by atoms with E-state index in [2.05, 4.69) is 28.2 Å². The number of halogens is 3. The molecule has 106 valence electrons. The molecule has 2 rings (SSSR count). The Hall–Kier alpha value is -0.520. The second kappa shape index (κ2) is 6.29. The highest BCUT2D eigenvalue weighted by atomic mass is 79.9. The van der Waals surface area contributed by atoms with Gasteiger partial charge in [-0.2, -0.15) is 0 Å². The van der Waals surface area contributed by atoms with Crippen molar-refractivity contribution >= 4 is 15.9 Å². The van der Waals surface area contributed by atoms with Gasteiger partial charge in [-0.25, -0.2) is 8.78 Å². The fraction of sp³-hybridized carbons (Fsp3) is 0.571. The van der Waals surface area contributed by atoms with E-state index in [1.54, 1.807) is 7.05 Å². The summed E-state index contributed by atoms with van der Waals surface area (Å²) >= 11 is 3.09. The zero-order chi connectivity index (χ0) is 14.0. The topological polar surface area (TPSA) is 21.3 Å². The Balaban J connectivity index is 2.21.